The van der Waals surface area contributed by atoms with Gasteiger partial charge in [-0.05, 0) is 63.4 Å². The number of thioether (sulfide) groups is 1. The highest BCUT2D eigenvalue weighted by Gasteiger charge is 2.45. The van der Waals surface area contributed by atoms with Crippen LogP contribution in [0.25, 0.3) is 22.3 Å². The smallest absolute Gasteiger partial charge is 0.458 e. The number of carbonyl (C=O) groups is 1. The lowest BCUT2D eigenvalue weighted by Gasteiger charge is -2.31. The molecule has 0 amide bonds. The second kappa shape index (κ2) is 25.1. The Morgan fingerprint density at radius 1 is 0.903 bits per heavy atom. The van der Waals surface area contributed by atoms with Crippen LogP contribution >= 0.6 is 19.6 Å². The molecule has 3 atom stereocenters. The predicted octanol–water partition coefficient (Wildman–Crippen LogP) is 10.8. The highest BCUT2D eigenvalue weighted by molar-refractivity contribution is 7.99. The van der Waals surface area contributed by atoms with Crippen molar-refractivity contribution < 1.29 is 37.9 Å². The van der Waals surface area contributed by atoms with Crippen LogP contribution in [0.5, 0.6) is 5.75 Å². The van der Waals surface area contributed by atoms with E-state index in [1.54, 1.807) is 29.7 Å². The quantitative estimate of drug-likeness (QED) is 0.0281. The van der Waals surface area contributed by atoms with Crippen LogP contribution in [-0.2, 0) is 48.7 Å². The molecule has 0 bridgehead atoms. The van der Waals surface area contributed by atoms with Gasteiger partial charge in [0, 0.05) is 41.0 Å². The van der Waals surface area contributed by atoms with Crippen LogP contribution in [-0.4, -0.2) is 75.3 Å². The average Bonchev–Trinajstić information content (AvgIpc) is 3.61. The minimum absolute atomic E-state index is 0.0558. The molecule has 12 nitrogen and oxygen atoms in total. The number of carbonyl (C=O) groups excluding carboxylic acids is 1. The standard InChI is InChI=1S/C48H74N3O9PS/c1-6-9-11-13-15-17-18-20-22-24-28-62-35-37(57-27-23-21-19-16-14-12-10-7-2)33-59-61(55,56)60-44-26-25-42-38(39(44)32-50(4)5)29-36-31-51-43(45(36)49-42)30-41-40(46(51)52)34-58-47(53)48(41,54)8-3/h25-26,29-30,37,54H,6-24,27-28,31-35H2,1-5H3,(H,55,56)/t37?,48-/m0/s1. The highest BCUT2D eigenvalue weighted by Crippen LogP contribution is 2.47. The molecular formula is C48H74N3O9PS. The van der Waals surface area contributed by atoms with Gasteiger partial charge in [-0.25, -0.2) is 14.3 Å². The van der Waals surface area contributed by atoms with Gasteiger partial charge in [0.1, 0.15) is 12.4 Å². The number of pyridine rings is 2. The van der Waals surface area contributed by atoms with Gasteiger partial charge in [0.05, 0.1) is 41.7 Å². The molecule has 346 valence electrons. The van der Waals surface area contributed by atoms with Crippen LogP contribution < -0.4 is 10.1 Å². The van der Waals surface area contributed by atoms with Gasteiger partial charge in [-0.3, -0.25) is 14.2 Å². The zero-order valence-electron chi connectivity index (χ0n) is 38.2. The monoisotopic (exact) mass is 899 g/mol. The molecule has 14 heteroatoms. The van der Waals surface area contributed by atoms with Gasteiger partial charge in [0.2, 0.25) is 0 Å². The second-order valence-electron chi connectivity index (χ2n) is 17.5. The fourth-order valence-corrected chi connectivity index (χ4v) is 10.4. The Morgan fingerprint density at radius 3 is 2.16 bits per heavy atom. The van der Waals surface area contributed by atoms with E-state index in [-0.39, 0.29) is 54.7 Å². The summed E-state index contributed by atoms with van der Waals surface area (Å²) in [5.74, 6) is 1.12. The SMILES string of the molecule is CCCCCCCCCCCCSCC(COP(=O)(O)Oc1ccc2nc3c(cc2c1CN(C)C)Cn1c-3cc2c(c1=O)COC(=O)[C@]2(O)CC)OCCCCCCCCCC. The Hall–Kier alpha value is -2.77. The molecule has 0 spiro atoms. The Balaban J connectivity index is 1.24. The summed E-state index contributed by atoms with van der Waals surface area (Å²) in [6.45, 7) is 7.07. The first-order valence-corrected chi connectivity index (χ1v) is 26.2. The number of aliphatic hydroxyl groups is 1. The summed E-state index contributed by atoms with van der Waals surface area (Å²) in [5, 5.41) is 12.0. The maximum absolute atomic E-state index is 13.7. The third-order valence-electron chi connectivity index (χ3n) is 12.2. The molecule has 0 aliphatic carbocycles. The molecule has 3 aromatic rings. The van der Waals surface area contributed by atoms with Crippen LogP contribution in [0.2, 0.25) is 0 Å². The Kier molecular flexibility index (Phi) is 20.3. The summed E-state index contributed by atoms with van der Waals surface area (Å²) in [6.07, 6.45) is 22.2. The Bertz CT molecular complexity index is 2010. The van der Waals surface area contributed by atoms with Crippen LogP contribution in [0, 0.1) is 0 Å². The maximum Gasteiger partial charge on any atom is 0.527 e. The maximum atomic E-state index is 13.7. The number of benzene rings is 1. The summed E-state index contributed by atoms with van der Waals surface area (Å²) in [5.41, 5.74) is 1.34. The van der Waals surface area contributed by atoms with Gasteiger partial charge in [-0.1, -0.05) is 124 Å². The van der Waals surface area contributed by atoms with Crippen molar-refractivity contribution in [3.8, 4) is 17.1 Å². The predicted molar refractivity (Wildman–Crippen MR) is 250 cm³/mol. The topological polar surface area (TPSA) is 150 Å². The van der Waals surface area contributed by atoms with Crippen molar-refractivity contribution in [3.05, 3.63) is 56.9 Å². The summed E-state index contributed by atoms with van der Waals surface area (Å²) in [4.78, 5) is 44.4. The first-order chi connectivity index (χ1) is 29.9. The third kappa shape index (κ3) is 13.9. The van der Waals surface area contributed by atoms with Crippen molar-refractivity contribution >= 4 is 36.5 Å². The van der Waals surface area contributed by atoms with Crippen LogP contribution in [0.3, 0.4) is 0 Å². The lowest BCUT2D eigenvalue weighted by Crippen LogP contribution is -2.44. The minimum atomic E-state index is -4.59. The van der Waals surface area contributed by atoms with Crippen LogP contribution in [0.4, 0.5) is 0 Å². The highest BCUT2D eigenvalue weighted by atomic mass is 32.2. The molecule has 2 aliphatic heterocycles. The number of hydrogen-bond donors (Lipinski definition) is 2. The van der Waals surface area contributed by atoms with E-state index < -0.39 is 19.4 Å². The number of aromatic nitrogens is 2. The van der Waals surface area contributed by atoms with Gasteiger partial charge in [0.25, 0.3) is 5.56 Å². The second-order valence-corrected chi connectivity index (χ2v) is 20.1. The van der Waals surface area contributed by atoms with E-state index in [1.807, 2.05) is 36.8 Å². The average molecular weight is 900 g/mol. The first-order valence-electron chi connectivity index (χ1n) is 23.6. The number of phosphoric acid groups is 1. The number of phosphoric ester groups is 1. The molecule has 0 saturated carbocycles. The Labute approximate surface area is 374 Å². The molecule has 2 N–H and O–H groups in total. The Morgan fingerprint density at radius 2 is 1.53 bits per heavy atom. The summed E-state index contributed by atoms with van der Waals surface area (Å²) < 4.78 is 38.4. The number of rotatable bonds is 31. The number of nitrogens with zero attached hydrogens (tertiary/aromatic N) is 3. The fourth-order valence-electron chi connectivity index (χ4n) is 8.52. The minimum Gasteiger partial charge on any atom is -0.458 e. The van der Waals surface area contributed by atoms with Crippen LogP contribution in [0.15, 0.2) is 29.1 Å². The number of ether oxygens (including phenoxy) is 2. The molecule has 62 heavy (non-hydrogen) atoms. The fraction of sp³-hybridized carbons (Fsp3) is 0.688. The molecular weight excluding hydrogens is 826 g/mol. The van der Waals surface area contributed by atoms with Gasteiger partial charge < -0.3 is 28.6 Å². The number of unbranched alkanes of at least 4 members (excludes halogenated alkanes) is 16. The van der Waals surface area contributed by atoms with Gasteiger partial charge in [0.15, 0.2) is 5.60 Å². The molecule has 2 aliphatic rings. The molecule has 0 saturated heterocycles. The van der Waals surface area contributed by atoms with Crippen molar-refractivity contribution in [3.63, 3.8) is 0 Å². The molecule has 2 aromatic heterocycles. The van der Waals surface area contributed by atoms with Crippen molar-refractivity contribution in [2.24, 2.45) is 0 Å². The van der Waals surface area contributed by atoms with E-state index in [9.17, 15) is 24.2 Å². The number of esters is 1. The molecule has 0 fully saturated rings. The third-order valence-corrected chi connectivity index (χ3v) is 14.3. The summed E-state index contributed by atoms with van der Waals surface area (Å²) in [6, 6.07) is 6.98. The van der Waals surface area contributed by atoms with Gasteiger partial charge in [-0.15, -0.1) is 0 Å². The lowest BCUT2D eigenvalue weighted by molar-refractivity contribution is -0.172. The zero-order chi connectivity index (χ0) is 44.5. The van der Waals surface area contributed by atoms with Crippen molar-refractivity contribution in [1.29, 1.82) is 0 Å². The van der Waals surface area contributed by atoms with E-state index >= 15 is 0 Å². The number of hydrogen-bond acceptors (Lipinski definition) is 11. The van der Waals surface area contributed by atoms with Gasteiger partial charge in [-0.2, -0.15) is 11.8 Å². The van der Waals surface area contributed by atoms with Crippen molar-refractivity contribution in [2.45, 2.75) is 174 Å². The summed E-state index contributed by atoms with van der Waals surface area (Å²) >= 11 is 1.81. The first kappa shape index (κ1) is 50.2. The lowest BCUT2D eigenvalue weighted by atomic mass is 9.86. The van der Waals surface area contributed by atoms with Crippen molar-refractivity contribution in [1.82, 2.24) is 14.5 Å². The molecule has 1 aromatic carbocycles. The number of cyclic esters (lactones) is 1. The van der Waals surface area contributed by atoms with Crippen molar-refractivity contribution in [2.75, 3.05) is 38.8 Å². The molecule has 0 radical (unpaired) electrons. The van der Waals surface area contributed by atoms with E-state index in [1.165, 1.54) is 96.3 Å². The molecule has 5 rings (SSSR count). The largest absolute Gasteiger partial charge is 0.527 e. The van der Waals surface area contributed by atoms with Gasteiger partial charge >= 0.3 is 13.8 Å². The number of fused-ring (bicyclic) bond motifs is 5. The van der Waals surface area contributed by atoms with E-state index in [0.717, 1.165) is 30.6 Å². The zero-order valence-corrected chi connectivity index (χ0v) is 39.9. The molecule has 2 unspecified atom stereocenters. The van der Waals surface area contributed by atoms with E-state index in [4.69, 9.17) is 23.5 Å². The van der Waals surface area contributed by atoms with Crippen LogP contribution in [0.1, 0.15) is 165 Å². The summed E-state index contributed by atoms with van der Waals surface area (Å²) in [7, 11) is -0.788. The molecule has 4 heterocycles. The van der Waals surface area contributed by atoms with E-state index in [2.05, 4.69) is 13.8 Å². The van der Waals surface area contributed by atoms with E-state index in [0.29, 0.717) is 46.8 Å². The normalized spacial score (nSPS) is 17.2.